The molecule has 4 aromatic rings. The maximum Gasteiger partial charge on any atom is 0.226 e. The highest BCUT2D eigenvalue weighted by molar-refractivity contribution is 5.85. The minimum Gasteiger partial charge on any atom is -0.493 e. The third kappa shape index (κ3) is 3.32. The van der Waals surface area contributed by atoms with E-state index in [0.717, 1.165) is 33.7 Å². The highest BCUT2D eigenvalue weighted by Crippen LogP contribution is 2.51. The summed E-state index contributed by atoms with van der Waals surface area (Å²) < 4.78 is 34.6. The van der Waals surface area contributed by atoms with Gasteiger partial charge >= 0.3 is 0 Å². The van der Waals surface area contributed by atoms with Crippen LogP contribution < -0.4 is 19.5 Å². The van der Waals surface area contributed by atoms with Crippen LogP contribution in [0.15, 0.2) is 72.6 Å². The second kappa shape index (κ2) is 8.16. The molecule has 0 spiro atoms. The van der Waals surface area contributed by atoms with E-state index in [1.165, 1.54) is 12.4 Å². The Labute approximate surface area is 201 Å². The molecule has 35 heavy (non-hydrogen) atoms. The predicted molar refractivity (Wildman–Crippen MR) is 129 cm³/mol. The first-order chi connectivity index (χ1) is 17.1. The molecule has 3 aromatic carbocycles. The Morgan fingerprint density at radius 2 is 1.83 bits per heavy atom. The van der Waals surface area contributed by atoms with E-state index in [9.17, 15) is 0 Å². The molecule has 2 aliphatic heterocycles. The van der Waals surface area contributed by atoms with Crippen LogP contribution in [0.3, 0.4) is 0 Å². The molecule has 0 radical (unpaired) electrons. The molecule has 1 N–H and O–H groups in total. The Kier molecular flexibility index (Phi) is 4.95. The number of nitrogens with one attached hydrogen (secondary N) is 1. The van der Waals surface area contributed by atoms with Gasteiger partial charge in [-0.05, 0) is 37.3 Å². The number of aryl methyl sites for hydroxylation is 1. The van der Waals surface area contributed by atoms with E-state index >= 15 is 4.39 Å². The first-order valence-corrected chi connectivity index (χ1v) is 11.2. The molecule has 0 unspecified atom stereocenters. The zero-order valence-electron chi connectivity index (χ0n) is 19.4. The van der Waals surface area contributed by atoms with Gasteiger partial charge in [-0.1, -0.05) is 35.9 Å². The number of aromatic nitrogens is 3. The number of hydrogen-bond acceptors (Lipinski definition) is 6. The first kappa shape index (κ1) is 21.2. The quantitative estimate of drug-likeness (QED) is 0.436. The van der Waals surface area contributed by atoms with Gasteiger partial charge in [0, 0.05) is 22.3 Å². The molecule has 8 heteroatoms. The van der Waals surface area contributed by atoms with Gasteiger partial charge in [0.1, 0.15) is 30.0 Å². The number of hydrogen-bond donors (Lipinski definition) is 1. The minimum atomic E-state index is -0.572. The average molecular weight is 471 g/mol. The zero-order valence-corrected chi connectivity index (χ0v) is 19.4. The Morgan fingerprint density at radius 1 is 1.00 bits per heavy atom. The smallest absolute Gasteiger partial charge is 0.226 e. The maximum atomic E-state index is 15.3. The normalized spacial score (nSPS) is 18.1. The molecule has 0 fully saturated rings. The molecule has 0 saturated heterocycles. The number of nitrogens with zero attached hydrogens (tertiary/aromatic N) is 3. The van der Waals surface area contributed by atoms with Gasteiger partial charge in [0.25, 0.3) is 0 Å². The molecule has 3 heterocycles. The third-order valence-electron chi connectivity index (χ3n) is 6.48. The lowest BCUT2D eigenvalue weighted by molar-refractivity contribution is 0.221. The number of rotatable bonds is 4. The van der Waals surface area contributed by atoms with E-state index in [-0.39, 0.29) is 5.82 Å². The summed E-state index contributed by atoms with van der Waals surface area (Å²) in [5, 5.41) is 7.89. The summed E-state index contributed by atoms with van der Waals surface area (Å²) in [6.45, 7) is 2.03. The van der Waals surface area contributed by atoms with Gasteiger partial charge < -0.3 is 19.5 Å². The van der Waals surface area contributed by atoms with E-state index in [0.29, 0.717) is 23.0 Å². The summed E-state index contributed by atoms with van der Waals surface area (Å²) in [4.78, 5) is 4.40. The van der Waals surface area contributed by atoms with Gasteiger partial charge in [-0.3, -0.25) is 0 Å². The van der Waals surface area contributed by atoms with Crippen molar-refractivity contribution in [2.45, 2.75) is 19.1 Å². The number of ether oxygens (including phenoxy) is 3. The van der Waals surface area contributed by atoms with Crippen molar-refractivity contribution in [3.8, 4) is 17.2 Å². The second-order valence-corrected chi connectivity index (χ2v) is 8.52. The van der Waals surface area contributed by atoms with Crippen LogP contribution in [0.25, 0.3) is 5.70 Å². The van der Waals surface area contributed by atoms with Crippen LogP contribution in [-0.2, 0) is 0 Å². The molecule has 2 aliphatic rings. The minimum absolute atomic E-state index is 0.325. The average Bonchev–Trinajstić information content (AvgIpc) is 3.35. The zero-order chi connectivity index (χ0) is 24.1. The van der Waals surface area contributed by atoms with Gasteiger partial charge in [-0.2, -0.15) is 10.1 Å². The number of fused-ring (bicyclic) bond motifs is 3. The largest absolute Gasteiger partial charge is 0.493 e. The van der Waals surface area contributed by atoms with Gasteiger partial charge in [0.15, 0.2) is 11.5 Å². The van der Waals surface area contributed by atoms with Crippen molar-refractivity contribution < 1.29 is 18.6 Å². The maximum absolute atomic E-state index is 15.3. The highest BCUT2D eigenvalue weighted by atomic mass is 19.1. The van der Waals surface area contributed by atoms with E-state index in [1.807, 2.05) is 43.3 Å². The van der Waals surface area contributed by atoms with E-state index in [4.69, 9.17) is 14.2 Å². The van der Waals surface area contributed by atoms with E-state index in [2.05, 4.69) is 21.5 Å². The van der Waals surface area contributed by atoms with Crippen molar-refractivity contribution in [1.82, 2.24) is 14.8 Å². The fourth-order valence-electron chi connectivity index (χ4n) is 4.87. The summed E-state index contributed by atoms with van der Waals surface area (Å²) in [6.07, 6.45) is 0.924. The van der Waals surface area contributed by atoms with Crippen molar-refractivity contribution in [3.63, 3.8) is 0 Å². The number of benzene rings is 3. The van der Waals surface area contributed by atoms with Gasteiger partial charge in [-0.15, -0.1) is 0 Å². The van der Waals surface area contributed by atoms with Crippen molar-refractivity contribution >= 4 is 11.6 Å². The Morgan fingerprint density at radius 3 is 2.63 bits per heavy atom. The number of halogens is 1. The molecular weight excluding hydrogens is 447 g/mol. The van der Waals surface area contributed by atoms with Crippen molar-refractivity contribution in [2.24, 2.45) is 0 Å². The van der Waals surface area contributed by atoms with E-state index < -0.39 is 12.1 Å². The number of anilines is 1. The van der Waals surface area contributed by atoms with Gasteiger partial charge in [-0.25, -0.2) is 9.07 Å². The first-order valence-electron chi connectivity index (χ1n) is 11.2. The molecule has 6 rings (SSSR count). The van der Waals surface area contributed by atoms with Crippen molar-refractivity contribution in [1.29, 1.82) is 0 Å². The summed E-state index contributed by atoms with van der Waals surface area (Å²) in [7, 11) is 3.19. The lowest BCUT2D eigenvalue weighted by Crippen LogP contribution is -2.33. The van der Waals surface area contributed by atoms with Crippen molar-refractivity contribution in [2.75, 3.05) is 19.5 Å². The molecule has 0 bridgehead atoms. The fourth-order valence-corrected chi connectivity index (χ4v) is 4.87. The van der Waals surface area contributed by atoms with Crippen LogP contribution in [0.1, 0.15) is 34.4 Å². The summed E-state index contributed by atoms with van der Waals surface area (Å²) >= 11 is 0. The Bertz CT molecular complexity index is 1480. The Balaban J connectivity index is 1.63. The molecule has 0 aliphatic carbocycles. The lowest BCUT2D eigenvalue weighted by atomic mass is 9.84. The molecule has 0 amide bonds. The summed E-state index contributed by atoms with van der Waals surface area (Å²) in [6, 6.07) is 17.9. The monoisotopic (exact) mass is 470 g/mol. The summed E-state index contributed by atoms with van der Waals surface area (Å²) in [5.74, 6) is 2.13. The fraction of sp³-hybridized carbons (Fsp3) is 0.185. The third-order valence-corrected chi connectivity index (χ3v) is 6.48. The molecule has 0 saturated carbocycles. The van der Waals surface area contributed by atoms with Crippen LogP contribution >= 0.6 is 0 Å². The van der Waals surface area contributed by atoms with Crippen LogP contribution in [0.2, 0.25) is 0 Å². The molecule has 1 aromatic heterocycles. The van der Waals surface area contributed by atoms with Crippen LogP contribution in [0, 0.1) is 12.7 Å². The Hall–Kier alpha value is -4.33. The standard InChI is InChI=1S/C27H23FN4O3/c1-15-8-10-20-18(12-15)24-23(26(35-20)16-9-11-21(33-2)22(13-16)34-3)25(17-6-4-5-7-19(17)28)32-27(31-24)29-14-30-32/h4-14,25-26H,1-3H3,(H,29,30,31)/t25-,26+/m0/s1. The highest BCUT2D eigenvalue weighted by Gasteiger charge is 2.42. The topological polar surface area (TPSA) is 70.4 Å². The van der Waals surface area contributed by atoms with Crippen LogP contribution in [-0.4, -0.2) is 29.0 Å². The molecule has 7 nitrogen and oxygen atoms in total. The van der Waals surface area contributed by atoms with Gasteiger partial charge in [0.05, 0.1) is 19.9 Å². The molecular formula is C27H23FN4O3. The lowest BCUT2D eigenvalue weighted by Gasteiger charge is -2.39. The molecule has 176 valence electrons. The SMILES string of the molecule is COc1ccc([C@H]2Oc3ccc(C)cc3C3=C2[C@H](c2ccccc2F)n2ncnc2N3)cc1OC. The van der Waals surface area contributed by atoms with Gasteiger partial charge in [0.2, 0.25) is 5.95 Å². The van der Waals surface area contributed by atoms with Crippen molar-refractivity contribution in [3.05, 3.63) is 101 Å². The van der Waals surface area contributed by atoms with E-state index in [1.54, 1.807) is 31.0 Å². The van der Waals surface area contributed by atoms with Crippen LogP contribution in [0.4, 0.5) is 10.3 Å². The summed E-state index contributed by atoms with van der Waals surface area (Å²) in [5.41, 5.74) is 4.97. The predicted octanol–water partition coefficient (Wildman–Crippen LogP) is 5.30. The van der Waals surface area contributed by atoms with Crippen LogP contribution in [0.5, 0.6) is 17.2 Å². The molecule has 2 atom stereocenters. The number of methoxy groups -OCH3 is 2. The second-order valence-electron chi connectivity index (χ2n) is 8.52.